The lowest BCUT2D eigenvalue weighted by molar-refractivity contribution is -0.143. The van der Waals surface area contributed by atoms with Gasteiger partial charge in [0.25, 0.3) is 0 Å². The maximum Gasteiger partial charge on any atom is 0.307 e. The summed E-state index contributed by atoms with van der Waals surface area (Å²) in [5.74, 6) is 1.41. The number of fused-ring (bicyclic) bond motifs is 2. The van der Waals surface area contributed by atoms with Crippen LogP contribution in [0.15, 0.2) is 0 Å². The highest BCUT2D eigenvalue weighted by Gasteiger charge is 2.39. The SMILES string of the molecule is CCOC(=O)CCN1CC2CC1CCC2CN. The third-order valence-corrected chi connectivity index (χ3v) is 4.31. The Morgan fingerprint density at radius 1 is 1.47 bits per heavy atom. The Morgan fingerprint density at radius 2 is 2.29 bits per heavy atom. The fourth-order valence-electron chi connectivity index (χ4n) is 3.36. The molecular formula is C13H24N2O2. The van der Waals surface area contributed by atoms with Crippen molar-refractivity contribution < 1.29 is 9.53 Å². The minimum absolute atomic E-state index is 0.0654. The lowest BCUT2D eigenvalue weighted by Gasteiger charge is -2.27. The van der Waals surface area contributed by atoms with Gasteiger partial charge in [-0.1, -0.05) is 0 Å². The Labute approximate surface area is 103 Å². The smallest absolute Gasteiger partial charge is 0.307 e. The molecular weight excluding hydrogens is 216 g/mol. The van der Waals surface area contributed by atoms with Crippen molar-refractivity contribution in [2.24, 2.45) is 17.6 Å². The second-order valence-electron chi connectivity index (χ2n) is 5.27. The molecule has 3 unspecified atom stereocenters. The summed E-state index contributed by atoms with van der Waals surface area (Å²) in [6.45, 7) is 5.15. The van der Waals surface area contributed by atoms with Gasteiger partial charge in [0.15, 0.2) is 0 Å². The molecule has 2 bridgehead atoms. The number of nitrogens with two attached hydrogens (primary N) is 1. The highest BCUT2D eigenvalue weighted by Crippen LogP contribution is 2.38. The van der Waals surface area contributed by atoms with Crippen LogP contribution in [0, 0.1) is 11.8 Å². The maximum atomic E-state index is 11.3. The van der Waals surface area contributed by atoms with Crippen LogP contribution in [0.4, 0.5) is 0 Å². The van der Waals surface area contributed by atoms with Crippen molar-refractivity contribution in [2.75, 3.05) is 26.2 Å². The van der Waals surface area contributed by atoms with Crippen molar-refractivity contribution in [1.29, 1.82) is 0 Å². The molecule has 0 aromatic heterocycles. The molecule has 2 rings (SSSR count). The molecule has 1 aliphatic heterocycles. The summed E-state index contributed by atoms with van der Waals surface area (Å²) in [6, 6.07) is 0.692. The van der Waals surface area contributed by atoms with E-state index in [4.69, 9.17) is 10.5 Å². The lowest BCUT2D eigenvalue weighted by atomic mass is 9.80. The zero-order valence-corrected chi connectivity index (χ0v) is 10.7. The number of carbonyl (C=O) groups excluding carboxylic acids is 1. The number of rotatable bonds is 5. The first kappa shape index (κ1) is 12.8. The molecule has 17 heavy (non-hydrogen) atoms. The number of ether oxygens (including phenoxy) is 1. The van der Waals surface area contributed by atoms with Gasteiger partial charge in [-0.3, -0.25) is 9.69 Å². The fourth-order valence-corrected chi connectivity index (χ4v) is 3.36. The first-order valence-corrected chi connectivity index (χ1v) is 6.84. The molecule has 2 fully saturated rings. The highest BCUT2D eigenvalue weighted by atomic mass is 16.5. The second kappa shape index (κ2) is 5.83. The van der Waals surface area contributed by atoms with Gasteiger partial charge in [-0.2, -0.15) is 0 Å². The van der Waals surface area contributed by atoms with Gasteiger partial charge in [-0.25, -0.2) is 0 Å². The van der Waals surface area contributed by atoms with Gasteiger partial charge in [0.2, 0.25) is 0 Å². The second-order valence-corrected chi connectivity index (χ2v) is 5.27. The van der Waals surface area contributed by atoms with Crippen LogP contribution < -0.4 is 5.73 Å². The molecule has 4 heteroatoms. The molecule has 0 radical (unpaired) electrons. The monoisotopic (exact) mass is 240 g/mol. The van der Waals surface area contributed by atoms with E-state index in [9.17, 15) is 4.79 Å². The van der Waals surface area contributed by atoms with E-state index >= 15 is 0 Å². The number of likely N-dealkylation sites (tertiary alicyclic amines) is 1. The Balaban J connectivity index is 1.78. The van der Waals surface area contributed by atoms with E-state index in [2.05, 4.69) is 4.90 Å². The summed E-state index contributed by atoms with van der Waals surface area (Å²) in [7, 11) is 0. The summed E-state index contributed by atoms with van der Waals surface area (Å²) in [6.07, 6.45) is 4.33. The van der Waals surface area contributed by atoms with Gasteiger partial charge >= 0.3 is 5.97 Å². The number of nitrogens with zero attached hydrogens (tertiary/aromatic N) is 1. The van der Waals surface area contributed by atoms with Crippen LogP contribution in [-0.4, -0.2) is 43.2 Å². The largest absolute Gasteiger partial charge is 0.466 e. The summed E-state index contributed by atoms with van der Waals surface area (Å²) in [5.41, 5.74) is 5.80. The Morgan fingerprint density at radius 3 is 3.00 bits per heavy atom. The van der Waals surface area contributed by atoms with Gasteiger partial charge in [0.1, 0.15) is 0 Å². The van der Waals surface area contributed by atoms with Crippen molar-refractivity contribution in [2.45, 2.75) is 38.6 Å². The molecule has 0 aromatic rings. The Kier molecular flexibility index (Phi) is 4.40. The average Bonchev–Trinajstić information content (AvgIpc) is 2.65. The molecule has 98 valence electrons. The zero-order chi connectivity index (χ0) is 12.3. The van der Waals surface area contributed by atoms with Crippen LogP contribution in [0.3, 0.4) is 0 Å². The molecule has 0 aromatic carbocycles. The van der Waals surface area contributed by atoms with E-state index in [0.29, 0.717) is 25.0 Å². The van der Waals surface area contributed by atoms with Gasteiger partial charge in [0, 0.05) is 19.1 Å². The first-order chi connectivity index (χ1) is 8.24. The molecule has 0 spiro atoms. The van der Waals surface area contributed by atoms with Crippen LogP contribution in [0.25, 0.3) is 0 Å². The van der Waals surface area contributed by atoms with E-state index in [0.717, 1.165) is 25.6 Å². The average molecular weight is 240 g/mol. The predicted molar refractivity (Wildman–Crippen MR) is 66.5 cm³/mol. The highest BCUT2D eigenvalue weighted by molar-refractivity contribution is 5.69. The Hall–Kier alpha value is -0.610. The van der Waals surface area contributed by atoms with Crippen LogP contribution in [0.5, 0.6) is 0 Å². The number of carbonyl (C=O) groups is 1. The molecule has 4 nitrogen and oxygen atoms in total. The van der Waals surface area contributed by atoms with E-state index in [-0.39, 0.29) is 5.97 Å². The van der Waals surface area contributed by atoms with E-state index in [1.165, 1.54) is 19.3 Å². The van der Waals surface area contributed by atoms with Crippen molar-refractivity contribution >= 4 is 5.97 Å². The molecule has 1 saturated heterocycles. The Bertz CT molecular complexity index is 270. The van der Waals surface area contributed by atoms with Gasteiger partial charge in [-0.15, -0.1) is 0 Å². The standard InChI is InChI=1S/C13H24N2O2/c1-2-17-13(16)5-6-15-9-11-7-12(15)4-3-10(11)8-14/h10-12H,2-9,14H2,1H3. The first-order valence-electron chi connectivity index (χ1n) is 6.84. The third-order valence-electron chi connectivity index (χ3n) is 4.31. The lowest BCUT2D eigenvalue weighted by Crippen LogP contribution is -2.31. The van der Waals surface area contributed by atoms with Crippen LogP contribution in [-0.2, 0) is 9.53 Å². The quantitative estimate of drug-likeness (QED) is 0.728. The predicted octanol–water partition coefficient (Wildman–Crippen LogP) is 0.999. The summed E-state index contributed by atoms with van der Waals surface area (Å²) >= 11 is 0. The molecule has 1 saturated carbocycles. The van der Waals surface area contributed by atoms with Gasteiger partial charge in [0.05, 0.1) is 13.0 Å². The number of esters is 1. The number of hydrogen-bond acceptors (Lipinski definition) is 4. The van der Waals surface area contributed by atoms with Crippen molar-refractivity contribution in [3.8, 4) is 0 Å². The fraction of sp³-hybridized carbons (Fsp3) is 0.923. The van der Waals surface area contributed by atoms with Crippen LogP contribution in [0.1, 0.15) is 32.6 Å². The van der Waals surface area contributed by atoms with Crippen molar-refractivity contribution in [1.82, 2.24) is 4.90 Å². The van der Waals surface area contributed by atoms with Gasteiger partial charge < -0.3 is 10.5 Å². The summed E-state index contributed by atoms with van der Waals surface area (Å²) in [5, 5.41) is 0. The molecule has 1 heterocycles. The molecule has 0 amide bonds. The molecule has 3 atom stereocenters. The maximum absolute atomic E-state index is 11.3. The minimum Gasteiger partial charge on any atom is -0.466 e. The zero-order valence-electron chi connectivity index (χ0n) is 10.7. The van der Waals surface area contributed by atoms with E-state index in [1.807, 2.05) is 6.92 Å². The normalized spacial score (nSPS) is 32.7. The third kappa shape index (κ3) is 2.99. The molecule has 2 aliphatic rings. The van der Waals surface area contributed by atoms with Crippen molar-refractivity contribution in [3.63, 3.8) is 0 Å². The topological polar surface area (TPSA) is 55.6 Å². The molecule has 1 aliphatic carbocycles. The van der Waals surface area contributed by atoms with Crippen molar-refractivity contribution in [3.05, 3.63) is 0 Å². The summed E-state index contributed by atoms with van der Waals surface area (Å²) in [4.78, 5) is 13.8. The van der Waals surface area contributed by atoms with E-state index < -0.39 is 0 Å². The van der Waals surface area contributed by atoms with Crippen LogP contribution >= 0.6 is 0 Å². The summed E-state index contributed by atoms with van der Waals surface area (Å²) < 4.78 is 4.97. The van der Waals surface area contributed by atoms with Gasteiger partial charge in [-0.05, 0) is 44.6 Å². The molecule has 2 N–H and O–H groups in total. The van der Waals surface area contributed by atoms with E-state index in [1.54, 1.807) is 0 Å². The minimum atomic E-state index is -0.0654. The van der Waals surface area contributed by atoms with Crippen LogP contribution in [0.2, 0.25) is 0 Å². The number of hydrogen-bond donors (Lipinski definition) is 1.